The lowest BCUT2D eigenvalue weighted by Gasteiger charge is -2.26. The molecule has 1 aliphatic heterocycles. The summed E-state index contributed by atoms with van der Waals surface area (Å²) in [5.74, 6) is -0.262. The first-order valence-electron chi connectivity index (χ1n) is 9.40. The van der Waals surface area contributed by atoms with Gasteiger partial charge in [0.25, 0.3) is 5.91 Å². The zero-order valence-corrected chi connectivity index (χ0v) is 18.2. The average molecular weight is 422 g/mol. The van der Waals surface area contributed by atoms with Crippen LogP contribution in [-0.2, 0) is 16.6 Å². The molecule has 1 aliphatic rings. The molecule has 3 rings (SSSR count). The molecule has 6 nitrogen and oxygen atoms in total. The average Bonchev–Trinajstić information content (AvgIpc) is 3.19. The predicted octanol–water partition coefficient (Wildman–Crippen LogP) is 3.26. The lowest BCUT2D eigenvalue weighted by Crippen LogP contribution is -2.36. The Hall–Kier alpha value is -1.90. The van der Waals surface area contributed by atoms with Gasteiger partial charge in [-0.25, -0.2) is 8.42 Å². The summed E-state index contributed by atoms with van der Waals surface area (Å²) in [6, 6.07) is 9.54. The quantitative estimate of drug-likeness (QED) is 0.718. The van der Waals surface area contributed by atoms with Crippen LogP contribution in [0.3, 0.4) is 0 Å². The molecule has 2 aromatic rings. The topological polar surface area (TPSA) is 60.9 Å². The Morgan fingerprint density at radius 3 is 2.29 bits per heavy atom. The van der Waals surface area contributed by atoms with Crippen molar-refractivity contribution in [3.05, 3.63) is 46.2 Å². The van der Waals surface area contributed by atoms with Crippen LogP contribution in [0.1, 0.15) is 34.5 Å². The number of benzene rings is 1. The summed E-state index contributed by atoms with van der Waals surface area (Å²) in [7, 11) is 2.04. The summed E-state index contributed by atoms with van der Waals surface area (Å²) in [4.78, 5) is 17.0. The van der Waals surface area contributed by atoms with Crippen LogP contribution in [0.25, 0.3) is 0 Å². The van der Waals surface area contributed by atoms with Gasteiger partial charge in [0.05, 0.1) is 0 Å². The monoisotopic (exact) mass is 421 g/mol. The van der Waals surface area contributed by atoms with Crippen LogP contribution in [0.15, 0.2) is 40.6 Å². The highest BCUT2D eigenvalue weighted by molar-refractivity contribution is 7.89. The van der Waals surface area contributed by atoms with Crippen molar-refractivity contribution in [2.45, 2.75) is 30.7 Å². The molecule has 1 aromatic carbocycles. The van der Waals surface area contributed by atoms with Crippen molar-refractivity contribution in [1.29, 1.82) is 0 Å². The second-order valence-corrected chi connectivity index (χ2v) is 10.1. The SMILES string of the molecule is CN(Cc1ccc(N(C)C)cc1)C(=O)c1sccc1S(=O)(=O)N1CCCCC1. The number of piperidine rings is 1. The van der Waals surface area contributed by atoms with Crippen molar-refractivity contribution >= 4 is 33.0 Å². The van der Waals surface area contributed by atoms with Gasteiger partial charge >= 0.3 is 0 Å². The molecule has 28 heavy (non-hydrogen) atoms. The van der Waals surface area contributed by atoms with E-state index in [0.717, 1.165) is 30.5 Å². The highest BCUT2D eigenvalue weighted by Crippen LogP contribution is 2.28. The number of rotatable bonds is 6. The third kappa shape index (κ3) is 4.39. The van der Waals surface area contributed by atoms with Crippen LogP contribution in [0.5, 0.6) is 0 Å². The third-order valence-corrected chi connectivity index (χ3v) is 7.95. The zero-order chi connectivity index (χ0) is 20.3. The zero-order valence-electron chi connectivity index (χ0n) is 16.6. The van der Waals surface area contributed by atoms with Gasteiger partial charge in [-0.05, 0) is 42.0 Å². The number of thiophene rings is 1. The summed E-state index contributed by atoms with van der Waals surface area (Å²) in [5.41, 5.74) is 2.09. The second-order valence-electron chi connectivity index (χ2n) is 7.30. The molecule has 2 heterocycles. The van der Waals surface area contributed by atoms with Crippen molar-refractivity contribution in [2.24, 2.45) is 0 Å². The molecule has 0 spiro atoms. The molecule has 0 aliphatic carbocycles. The number of sulfonamides is 1. The van der Waals surface area contributed by atoms with E-state index in [1.807, 2.05) is 43.3 Å². The highest BCUT2D eigenvalue weighted by Gasteiger charge is 2.31. The standard InChI is InChI=1S/C20H27N3O3S2/c1-21(2)17-9-7-16(8-10-17)15-22(3)20(24)19-18(11-14-27-19)28(25,26)23-12-5-4-6-13-23/h7-11,14H,4-6,12-13,15H2,1-3H3. The van der Waals surface area contributed by atoms with Crippen molar-refractivity contribution < 1.29 is 13.2 Å². The van der Waals surface area contributed by atoms with E-state index < -0.39 is 10.0 Å². The summed E-state index contributed by atoms with van der Waals surface area (Å²) < 4.78 is 27.5. The largest absolute Gasteiger partial charge is 0.378 e. The van der Waals surface area contributed by atoms with Crippen molar-refractivity contribution in [3.8, 4) is 0 Å². The molecule has 0 atom stereocenters. The minimum absolute atomic E-state index is 0.138. The molecule has 1 aromatic heterocycles. The van der Waals surface area contributed by atoms with Crippen molar-refractivity contribution in [2.75, 3.05) is 39.1 Å². The number of carbonyl (C=O) groups excluding carboxylic acids is 1. The molecule has 0 N–H and O–H groups in total. The molecule has 1 saturated heterocycles. The van der Waals surface area contributed by atoms with Crippen molar-refractivity contribution in [3.63, 3.8) is 0 Å². The van der Waals surface area contributed by atoms with E-state index in [1.165, 1.54) is 15.6 Å². The Balaban J connectivity index is 1.76. The summed E-state index contributed by atoms with van der Waals surface area (Å²) in [6.45, 7) is 1.48. The van der Waals surface area contributed by atoms with E-state index in [9.17, 15) is 13.2 Å². The first-order chi connectivity index (χ1) is 13.3. The molecule has 152 valence electrons. The fraction of sp³-hybridized carbons (Fsp3) is 0.450. The van der Waals surface area contributed by atoms with Gasteiger partial charge in [-0.15, -0.1) is 11.3 Å². The Bertz CT molecular complexity index is 914. The molecule has 1 amide bonds. The van der Waals surface area contributed by atoms with Crippen LogP contribution < -0.4 is 4.90 Å². The predicted molar refractivity (Wildman–Crippen MR) is 113 cm³/mol. The molecular formula is C20H27N3O3S2. The van der Waals surface area contributed by atoms with Gasteiger partial charge < -0.3 is 9.80 Å². The van der Waals surface area contributed by atoms with E-state index in [1.54, 1.807) is 23.4 Å². The van der Waals surface area contributed by atoms with E-state index in [4.69, 9.17) is 0 Å². The van der Waals surface area contributed by atoms with Crippen LogP contribution in [0.2, 0.25) is 0 Å². The lowest BCUT2D eigenvalue weighted by molar-refractivity contribution is 0.0786. The summed E-state index contributed by atoms with van der Waals surface area (Å²) >= 11 is 1.19. The van der Waals surface area contributed by atoms with Crippen LogP contribution >= 0.6 is 11.3 Å². The smallest absolute Gasteiger partial charge is 0.265 e. The minimum Gasteiger partial charge on any atom is -0.378 e. The molecule has 0 radical (unpaired) electrons. The van der Waals surface area contributed by atoms with Gasteiger partial charge in [-0.1, -0.05) is 18.6 Å². The van der Waals surface area contributed by atoms with Gasteiger partial charge in [-0.3, -0.25) is 4.79 Å². The van der Waals surface area contributed by atoms with Crippen LogP contribution in [-0.4, -0.2) is 57.8 Å². The Morgan fingerprint density at radius 2 is 1.68 bits per heavy atom. The van der Waals surface area contributed by atoms with Gasteiger partial charge in [-0.2, -0.15) is 4.31 Å². The van der Waals surface area contributed by atoms with Crippen LogP contribution in [0.4, 0.5) is 5.69 Å². The Kier molecular flexibility index (Phi) is 6.42. The Morgan fingerprint density at radius 1 is 1.04 bits per heavy atom. The van der Waals surface area contributed by atoms with Gasteiger partial charge in [0.2, 0.25) is 10.0 Å². The maximum atomic E-state index is 13.0. The lowest BCUT2D eigenvalue weighted by atomic mass is 10.2. The molecular weight excluding hydrogens is 394 g/mol. The minimum atomic E-state index is -3.63. The van der Waals surface area contributed by atoms with Gasteiger partial charge in [0.15, 0.2) is 0 Å². The maximum Gasteiger partial charge on any atom is 0.265 e. The van der Waals surface area contributed by atoms with Gasteiger partial charge in [0.1, 0.15) is 9.77 Å². The molecule has 0 bridgehead atoms. The molecule has 1 fully saturated rings. The normalized spacial score (nSPS) is 15.4. The van der Waals surface area contributed by atoms with Crippen LogP contribution in [0, 0.1) is 0 Å². The molecule has 0 saturated carbocycles. The third-order valence-electron chi connectivity index (χ3n) is 4.98. The highest BCUT2D eigenvalue weighted by atomic mass is 32.2. The van der Waals surface area contributed by atoms with Crippen molar-refractivity contribution in [1.82, 2.24) is 9.21 Å². The van der Waals surface area contributed by atoms with E-state index in [0.29, 0.717) is 19.6 Å². The summed E-state index contributed by atoms with van der Waals surface area (Å²) in [5, 5.41) is 1.68. The molecule has 8 heteroatoms. The first-order valence-corrected chi connectivity index (χ1v) is 11.7. The summed E-state index contributed by atoms with van der Waals surface area (Å²) in [6.07, 6.45) is 2.79. The number of hydrogen-bond acceptors (Lipinski definition) is 5. The fourth-order valence-electron chi connectivity index (χ4n) is 3.32. The fourth-order valence-corrected chi connectivity index (χ4v) is 6.23. The molecule has 0 unspecified atom stereocenters. The number of hydrogen-bond donors (Lipinski definition) is 0. The van der Waals surface area contributed by atoms with E-state index in [-0.39, 0.29) is 15.7 Å². The number of carbonyl (C=O) groups is 1. The Labute approximate surface area is 171 Å². The first kappa shape index (κ1) is 20.8. The van der Waals surface area contributed by atoms with E-state index in [2.05, 4.69) is 0 Å². The number of amides is 1. The second kappa shape index (κ2) is 8.63. The number of anilines is 1. The number of nitrogens with zero attached hydrogens (tertiary/aromatic N) is 3. The maximum absolute atomic E-state index is 13.0. The van der Waals surface area contributed by atoms with E-state index >= 15 is 0 Å². The van der Waals surface area contributed by atoms with Gasteiger partial charge in [0, 0.05) is 46.5 Å².